The lowest BCUT2D eigenvalue weighted by Crippen LogP contribution is -2.70. The maximum Gasteiger partial charge on any atom is 0.437 e. The lowest BCUT2D eigenvalue weighted by atomic mass is 9.65. The van der Waals surface area contributed by atoms with Gasteiger partial charge in [-0.15, -0.1) is 0 Å². The number of likely N-dealkylation sites (tertiary alicyclic amines) is 1. The molecule has 1 aromatic carbocycles. The van der Waals surface area contributed by atoms with Crippen molar-refractivity contribution in [2.45, 2.75) is 164 Å². The number of fused-ring (bicyclic) bond motifs is 5. The maximum absolute atomic E-state index is 15.0. The molecule has 66 heavy (non-hydrogen) atoms. The first-order valence-corrected chi connectivity index (χ1v) is 25.0. The van der Waals surface area contributed by atoms with Crippen LogP contribution < -0.4 is 24.8 Å². The van der Waals surface area contributed by atoms with Gasteiger partial charge in [0, 0.05) is 29.8 Å². The van der Waals surface area contributed by atoms with E-state index in [1.807, 2.05) is 12.2 Å². The Labute approximate surface area is 384 Å². The van der Waals surface area contributed by atoms with Gasteiger partial charge in [0.15, 0.2) is 11.4 Å². The quantitative estimate of drug-likeness (QED) is 0.247. The third-order valence-electron chi connectivity index (χ3n) is 14.3. The molecule has 5 unspecified atom stereocenters. The molecule has 4 amide bonds. The molecule has 0 radical (unpaired) electrons. The molecule has 1 aromatic heterocycles. The Bertz CT molecular complexity index is 2360. The lowest BCUT2D eigenvalue weighted by Gasteiger charge is -2.48. The molecule has 6 aliphatic rings. The Hall–Kier alpha value is -4.65. The van der Waals surface area contributed by atoms with Gasteiger partial charge in [-0.2, -0.15) is 13.2 Å². The fourth-order valence-corrected chi connectivity index (χ4v) is 11.4. The minimum Gasteiger partial charge on any atom is -0.492 e. The Morgan fingerprint density at radius 2 is 1.74 bits per heavy atom. The molecule has 15 nitrogen and oxygen atoms in total. The molecule has 2 aromatic rings. The summed E-state index contributed by atoms with van der Waals surface area (Å²) < 4.78 is 91.2. The number of sulfonamides is 1. The highest BCUT2D eigenvalue weighted by Gasteiger charge is 2.60. The van der Waals surface area contributed by atoms with Gasteiger partial charge < -0.3 is 29.7 Å². The van der Waals surface area contributed by atoms with Crippen molar-refractivity contribution in [2.75, 3.05) is 32.8 Å². The van der Waals surface area contributed by atoms with Gasteiger partial charge >= 0.3 is 12.3 Å². The van der Waals surface area contributed by atoms with E-state index in [2.05, 4.69) is 25.2 Å². The largest absolute Gasteiger partial charge is 0.492 e. The van der Waals surface area contributed by atoms with Crippen molar-refractivity contribution in [2.24, 2.45) is 5.92 Å². The van der Waals surface area contributed by atoms with E-state index in [0.717, 1.165) is 25.9 Å². The van der Waals surface area contributed by atoms with Crippen molar-refractivity contribution in [3.63, 3.8) is 0 Å². The van der Waals surface area contributed by atoms with Gasteiger partial charge in [0.2, 0.25) is 21.8 Å². The molecule has 0 bridgehead atoms. The number of hydrogen-bond donors (Lipinski definition) is 3. The number of amides is 4. The highest BCUT2D eigenvalue weighted by molar-refractivity contribution is 7.91. The van der Waals surface area contributed by atoms with Crippen LogP contribution >= 0.6 is 0 Å². The second-order valence-electron chi connectivity index (χ2n) is 20.4. The van der Waals surface area contributed by atoms with E-state index >= 15 is 13.2 Å². The molecule has 2 saturated heterocycles. The number of aromatic nitrogens is 1. The van der Waals surface area contributed by atoms with E-state index in [-0.39, 0.29) is 49.7 Å². The average Bonchev–Trinajstić information content (AvgIpc) is 3.91. The van der Waals surface area contributed by atoms with Crippen LogP contribution in [0, 0.1) is 5.92 Å². The van der Waals surface area contributed by atoms with Crippen molar-refractivity contribution in [1.82, 2.24) is 30.1 Å². The molecule has 3 N–H and O–H groups in total. The number of ether oxygens (including phenoxy) is 3. The lowest BCUT2D eigenvalue weighted by molar-refractivity contribution is -0.145. The number of alkyl carbamates (subject to hydrolysis) is 1. The molecule has 1 spiro atoms. The van der Waals surface area contributed by atoms with E-state index < -0.39 is 90.9 Å². The van der Waals surface area contributed by atoms with E-state index in [9.17, 15) is 27.6 Å². The molecule has 4 fully saturated rings. The van der Waals surface area contributed by atoms with Crippen LogP contribution in [0.5, 0.6) is 11.5 Å². The first kappa shape index (κ1) is 47.8. The average molecular weight is 945 g/mol. The molecule has 2 aliphatic carbocycles. The summed E-state index contributed by atoms with van der Waals surface area (Å²) in [7, 11) is -4.12. The normalized spacial score (nSPS) is 28.3. The number of rotatable bonds is 8. The topological polar surface area (TPSA) is 186 Å². The second kappa shape index (κ2) is 18.1. The van der Waals surface area contributed by atoms with Crippen LogP contribution in [0.4, 0.5) is 18.0 Å². The molecule has 5 heterocycles. The number of benzene rings is 1. The molecular weight excluding hydrogens is 882 g/mol. The molecule has 5 atom stereocenters. The van der Waals surface area contributed by atoms with Crippen LogP contribution in [0.1, 0.15) is 129 Å². The van der Waals surface area contributed by atoms with Gasteiger partial charge in [-0.05, 0) is 130 Å². The SMILES string of the molecule is CC(C)(C)OC(=O)NC1CCCCCC=CC2CCC2(C(=O)NS(=O)(=O)C2(C)CC2)NC(=O)C2CC3(CCc4c(c(C(F)(F)F)nc5ccc(OCCN6CCCCC6)cc45)O3)CN2C1=O. The second-order valence-corrected chi connectivity index (χ2v) is 22.6. The van der Waals surface area contributed by atoms with Crippen molar-refractivity contribution in [3.05, 3.63) is 41.6 Å². The zero-order chi connectivity index (χ0) is 47.3. The van der Waals surface area contributed by atoms with Gasteiger partial charge in [0.05, 0.1) is 16.8 Å². The van der Waals surface area contributed by atoms with E-state index in [0.29, 0.717) is 69.2 Å². The number of allylic oxidation sites excluding steroid dienone is 1. The monoisotopic (exact) mass is 944 g/mol. The molecule has 8 rings (SSSR count). The van der Waals surface area contributed by atoms with Crippen LogP contribution in [0.25, 0.3) is 10.9 Å². The zero-order valence-corrected chi connectivity index (χ0v) is 39.1. The van der Waals surface area contributed by atoms with E-state index in [1.54, 1.807) is 39.8 Å². The fourth-order valence-electron chi connectivity index (χ4n) is 10.1. The summed E-state index contributed by atoms with van der Waals surface area (Å²) in [5.74, 6) is -2.98. The Morgan fingerprint density at radius 1 is 1.00 bits per heavy atom. The Balaban J connectivity index is 1.14. The maximum atomic E-state index is 15.0. The van der Waals surface area contributed by atoms with Gasteiger partial charge in [-0.25, -0.2) is 18.2 Å². The molecule has 4 aliphatic heterocycles. The minimum absolute atomic E-state index is 0.0699. The standard InChI is InChI=1S/C47H63F3N6O9S/c1-43(2,3)65-42(60)52-35-14-10-7-5-6-9-13-30-17-20-46(30,41(59)54-66(61,62)44(4)21-22-44)53-39(57)36-28-45(29-56(36)40(35)58)19-18-32-33-27-31(63-26-25-55-23-11-8-12-24-55)15-16-34(33)51-38(37(32)64-45)47(48,49)50/h9,13,15-16,27,30,35-36H,5-8,10-12,14,17-26,28-29H2,1-4H3,(H,52,60)(H,53,57)(H,54,59). The molecule has 362 valence electrons. The van der Waals surface area contributed by atoms with Gasteiger partial charge in [0.1, 0.15) is 41.2 Å². The van der Waals surface area contributed by atoms with Crippen LogP contribution in [-0.4, -0.2) is 113 Å². The summed E-state index contributed by atoms with van der Waals surface area (Å²) in [6.07, 6.45) is 5.23. The highest BCUT2D eigenvalue weighted by Crippen LogP contribution is 2.50. The number of halogens is 3. The Morgan fingerprint density at radius 3 is 2.42 bits per heavy atom. The van der Waals surface area contributed by atoms with Gasteiger partial charge in [-0.3, -0.25) is 24.0 Å². The summed E-state index contributed by atoms with van der Waals surface area (Å²) >= 11 is 0. The van der Waals surface area contributed by atoms with Crippen LogP contribution in [-0.2, 0) is 41.7 Å². The van der Waals surface area contributed by atoms with E-state index in [1.165, 1.54) is 17.4 Å². The van der Waals surface area contributed by atoms with Crippen molar-refractivity contribution in [3.8, 4) is 11.5 Å². The van der Waals surface area contributed by atoms with Crippen molar-refractivity contribution < 1.29 is 55.0 Å². The number of nitrogens with one attached hydrogen (secondary N) is 3. The summed E-state index contributed by atoms with van der Waals surface area (Å²) in [5.41, 5.74) is -5.01. The summed E-state index contributed by atoms with van der Waals surface area (Å²) in [5, 5.41) is 6.00. The number of aryl methyl sites for hydroxylation is 1. The van der Waals surface area contributed by atoms with Crippen LogP contribution in [0.2, 0.25) is 0 Å². The smallest absolute Gasteiger partial charge is 0.437 e. The zero-order valence-electron chi connectivity index (χ0n) is 38.3. The van der Waals surface area contributed by atoms with Crippen molar-refractivity contribution in [1.29, 1.82) is 0 Å². The van der Waals surface area contributed by atoms with Gasteiger partial charge in [0.25, 0.3) is 5.91 Å². The van der Waals surface area contributed by atoms with Crippen LogP contribution in [0.3, 0.4) is 0 Å². The molecular formula is C47H63F3N6O9S. The molecule has 2 saturated carbocycles. The molecule has 19 heteroatoms. The number of hydrogen-bond acceptors (Lipinski definition) is 11. The number of piperidine rings is 1. The van der Waals surface area contributed by atoms with E-state index in [4.69, 9.17) is 14.2 Å². The summed E-state index contributed by atoms with van der Waals surface area (Å²) in [6, 6.07) is 2.20. The van der Waals surface area contributed by atoms with Gasteiger partial charge in [-0.1, -0.05) is 31.4 Å². The minimum atomic E-state index is -4.94. The third kappa shape index (κ3) is 9.97. The first-order chi connectivity index (χ1) is 31.1. The predicted molar refractivity (Wildman–Crippen MR) is 238 cm³/mol. The third-order valence-corrected chi connectivity index (χ3v) is 16.5. The fraction of sp³-hybridized carbons (Fsp3) is 0.681. The number of carbonyl (C=O) groups excluding carboxylic acids is 4. The summed E-state index contributed by atoms with van der Waals surface area (Å²) in [6.45, 7) is 9.33. The van der Waals surface area contributed by atoms with Crippen molar-refractivity contribution >= 4 is 44.7 Å². The number of nitrogens with zero attached hydrogens (tertiary/aromatic N) is 3. The Kier molecular flexibility index (Phi) is 13.1. The number of pyridine rings is 1. The first-order valence-electron chi connectivity index (χ1n) is 23.5. The number of alkyl halides is 3. The number of carbonyl (C=O) groups is 4. The predicted octanol–water partition coefficient (Wildman–Crippen LogP) is 6.46. The highest BCUT2D eigenvalue weighted by atomic mass is 32.2. The van der Waals surface area contributed by atoms with Crippen LogP contribution in [0.15, 0.2) is 30.4 Å². The summed E-state index contributed by atoms with van der Waals surface area (Å²) in [4.78, 5) is 65.0.